The summed E-state index contributed by atoms with van der Waals surface area (Å²) in [6.45, 7) is 1.45. The second-order valence-electron chi connectivity index (χ2n) is 5.21. The van der Waals surface area contributed by atoms with E-state index in [9.17, 15) is 9.59 Å². The predicted molar refractivity (Wildman–Crippen MR) is 90.0 cm³/mol. The minimum atomic E-state index is -0.540. The number of hydrogen-bond acceptors (Lipinski definition) is 6. The summed E-state index contributed by atoms with van der Waals surface area (Å²) in [6, 6.07) is 11.4. The second-order valence-corrected chi connectivity index (χ2v) is 5.21. The van der Waals surface area contributed by atoms with Gasteiger partial charge in [0.1, 0.15) is 5.75 Å². The van der Waals surface area contributed by atoms with Crippen LogP contribution in [0.5, 0.6) is 17.2 Å². The lowest BCUT2D eigenvalue weighted by molar-refractivity contribution is -0.133. The molecule has 0 saturated carbocycles. The first-order valence-electron chi connectivity index (χ1n) is 7.45. The molecule has 2 aromatic rings. The average molecular weight is 339 g/mol. The first-order valence-corrected chi connectivity index (χ1v) is 7.45. The fourth-order valence-electron chi connectivity index (χ4n) is 2.27. The molecule has 0 N–H and O–H groups in total. The Hall–Kier alpha value is -3.33. The predicted octanol–water partition coefficient (Wildman–Crippen LogP) is 2.93. The Bertz CT molecular complexity index is 851. The van der Waals surface area contributed by atoms with E-state index >= 15 is 0 Å². The number of ether oxygens (including phenoxy) is 3. The van der Waals surface area contributed by atoms with Crippen LogP contribution in [-0.4, -0.2) is 26.0 Å². The van der Waals surface area contributed by atoms with Crippen molar-refractivity contribution in [2.24, 2.45) is 0 Å². The molecule has 128 valence electrons. The summed E-state index contributed by atoms with van der Waals surface area (Å²) in [6.07, 6.45) is -0.0759. The molecule has 0 heterocycles. The highest BCUT2D eigenvalue weighted by Crippen LogP contribution is 2.29. The molecule has 2 aromatic carbocycles. The molecule has 0 radical (unpaired) electrons. The van der Waals surface area contributed by atoms with Crippen LogP contribution in [0.3, 0.4) is 0 Å². The smallest absolute Gasteiger partial charge is 0.315 e. The standard InChI is InChI=1S/C19H17NO5/c1-12(21)14-5-7-16(23-2)15(9-14)10-19(22)25-17-6-4-13(11-20)8-18(17)24-3/h4-9H,10H2,1-3H3. The van der Waals surface area contributed by atoms with Gasteiger partial charge in [0.15, 0.2) is 17.3 Å². The maximum atomic E-state index is 12.3. The van der Waals surface area contributed by atoms with Crippen LogP contribution in [0.2, 0.25) is 0 Å². The summed E-state index contributed by atoms with van der Waals surface area (Å²) in [7, 11) is 2.91. The Balaban J connectivity index is 2.22. The van der Waals surface area contributed by atoms with E-state index in [0.717, 1.165) is 0 Å². The van der Waals surface area contributed by atoms with Gasteiger partial charge in [-0.1, -0.05) is 0 Å². The number of Topliss-reactive ketones (excluding diaryl/α,β-unsaturated/α-hetero) is 1. The molecule has 0 amide bonds. The third-order valence-corrected chi connectivity index (χ3v) is 3.54. The van der Waals surface area contributed by atoms with Crippen molar-refractivity contribution in [1.29, 1.82) is 5.26 Å². The Kier molecular flexibility index (Phi) is 5.75. The third kappa shape index (κ3) is 4.36. The number of carbonyl (C=O) groups excluding carboxylic acids is 2. The molecule has 0 unspecified atom stereocenters. The quantitative estimate of drug-likeness (QED) is 0.457. The Morgan fingerprint density at radius 3 is 2.28 bits per heavy atom. The minimum Gasteiger partial charge on any atom is -0.496 e. The van der Waals surface area contributed by atoms with Gasteiger partial charge in [-0.15, -0.1) is 0 Å². The lowest BCUT2D eigenvalue weighted by Gasteiger charge is -2.11. The molecule has 0 bridgehead atoms. The van der Waals surface area contributed by atoms with Crippen LogP contribution in [-0.2, 0) is 11.2 Å². The summed E-state index contributed by atoms with van der Waals surface area (Å²) < 4.78 is 15.7. The highest BCUT2D eigenvalue weighted by molar-refractivity contribution is 5.94. The lowest BCUT2D eigenvalue weighted by atomic mass is 10.0. The first-order chi connectivity index (χ1) is 12.0. The molecule has 0 spiro atoms. The molecule has 0 aliphatic heterocycles. The summed E-state index contributed by atoms with van der Waals surface area (Å²) >= 11 is 0. The highest BCUT2D eigenvalue weighted by atomic mass is 16.6. The van der Waals surface area contributed by atoms with Crippen molar-refractivity contribution in [2.75, 3.05) is 14.2 Å². The number of methoxy groups -OCH3 is 2. The van der Waals surface area contributed by atoms with E-state index < -0.39 is 5.97 Å². The second kappa shape index (κ2) is 7.97. The van der Waals surface area contributed by atoms with Crippen molar-refractivity contribution in [2.45, 2.75) is 13.3 Å². The molecule has 6 nitrogen and oxygen atoms in total. The van der Waals surface area contributed by atoms with Crippen molar-refractivity contribution in [1.82, 2.24) is 0 Å². The molecule has 6 heteroatoms. The Morgan fingerprint density at radius 1 is 1.00 bits per heavy atom. The number of ketones is 1. The molecule has 0 saturated heterocycles. The van der Waals surface area contributed by atoms with Crippen LogP contribution in [0, 0.1) is 11.3 Å². The van der Waals surface area contributed by atoms with Gasteiger partial charge >= 0.3 is 5.97 Å². The molecule has 0 fully saturated rings. The maximum absolute atomic E-state index is 12.3. The van der Waals surface area contributed by atoms with E-state index in [-0.39, 0.29) is 23.7 Å². The zero-order valence-corrected chi connectivity index (χ0v) is 14.2. The highest BCUT2D eigenvalue weighted by Gasteiger charge is 2.15. The fraction of sp³-hybridized carbons (Fsp3) is 0.211. The van der Waals surface area contributed by atoms with Gasteiger partial charge in [0.2, 0.25) is 0 Å². The lowest BCUT2D eigenvalue weighted by Crippen LogP contribution is -2.13. The van der Waals surface area contributed by atoms with Gasteiger partial charge in [0.05, 0.1) is 32.3 Å². The van der Waals surface area contributed by atoms with Gasteiger partial charge in [-0.2, -0.15) is 5.26 Å². The summed E-state index contributed by atoms with van der Waals surface area (Å²) in [5, 5.41) is 8.90. The van der Waals surface area contributed by atoms with Crippen LogP contribution in [0.1, 0.15) is 28.4 Å². The van der Waals surface area contributed by atoms with Crippen molar-refractivity contribution in [3.8, 4) is 23.3 Å². The number of carbonyl (C=O) groups is 2. The van der Waals surface area contributed by atoms with Crippen molar-refractivity contribution in [3.63, 3.8) is 0 Å². The maximum Gasteiger partial charge on any atom is 0.315 e. The van der Waals surface area contributed by atoms with Gasteiger partial charge in [0.25, 0.3) is 0 Å². The molecule has 0 atom stereocenters. The molecular weight excluding hydrogens is 322 g/mol. The van der Waals surface area contributed by atoms with Crippen molar-refractivity contribution in [3.05, 3.63) is 53.1 Å². The van der Waals surface area contributed by atoms with Gasteiger partial charge in [-0.3, -0.25) is 9.59 Å². The zero-order valence-electron chi connectivity index (χ0n) is 14.2. The average Bonchev–Trinajstić information content (AvgIpc) is 2.61. The zero-order chi connectivity index (χ0) is 18.4. The molecule has 0 aliphatic rings. The summed E-state index contributed by atoms with van der Waals surface area (Å²) in [5.41, 5.74) is 1.43. The topological polar surface area (TPSA) is 85.6 Å². The number of rotatable bonds is 6. The minimum absolute atomic E-state index is 0.0759. The molecule has 2 rings (SSSR count). The van der Waals surface area contributed by atoms with Crippen LogP contribution in [0.4, 0.5) is 0 Å². The number of esters is 1. The SMILES string of the molecule is COc1ccc(C(C)=O)cc1CC(=O)Oc1ccc(C#N)cc1OC. The molecule has 0 aliphatic carbocycles. The first kappa shape index (κ1) is 18.0. The van der Waals surface area contributed by atoms with Crippen molar-refractivity contribution < 1.29 is 23.8 Å². The largest absolute Gasteiger partial charge is 0.496 e. The van der Waals surface area contributed by atoms with Gasteiger partial charge in [0, 0.05) is 17.2 Å². The normalized spacial score (nSPS) is 9.84. The van der Waals surface area contributed by atoms with Gasteiger partial charge in [-0.25, -0.2) is 0 Å². The van der Waals surface area contributed by atoms with E-state index in [0.29, 0.717) is 22.4 Å². The fourth-order valence-corrected chi connectivity index (χ4v) is 2.27. The van der Waals surface area contributed by atoms with Gasteiger partial charge in [-0.05, 0) is 37.3 Å². The van der Waals surface area contributed by atoms with Crippen LogP contribution in [0.15, 0.2) is 36.4 Å². The van der Waals surface area contributed by atoms with E-state index in [4.69, 9.17) is 19.5 Å². The van der Waals surface area contributed by atoms with E-state index in [2.05, 4.69) is 0 Å². The van der Waals surface area contributed by atoms with Crippen LogP contribution >= 0.6 is 0 Å². The molecule has 25 heavy (non-hydrogen) atoms. The monoisotopic (exact) mass is 339 g/mol. The van der Waals surface area contributed by atoms with Crippen LogP contribution < -0.4 is 14.2 Å². The van der Waals surface area contributed by atoms with E-state index in [1.54, 1.807) is 18.2 Å². The van der Waals surface area contributed by atoms with Crippen molar-refractivity contribution >= 4 is 11.8 Å². The van der Waals surface area contributed by atoms with E-state index in [1.807, 2.05) is 6.07 Å². The van der Waals surface area contributed by atoms with Crippen LogP contribution in [0.25, 0.3) is 0 Å². The number of hydrogen-bond donors (Lipinski definition) is 0. The van der Waals surface area contributed by atoms with E-state index in [1.165, 1.54) is 39.3 Å². The third-order valence-electron chi connectivity index (χ3n) is 3.54. The molecular formula is C19H17NO5. The Morgan fingerprint density at radius 2 is 1.68 bits per heavy atom. The Labute approximate surface area is 145 Å². The molecule has 0 aromatic heterocycles. The van der Waals surface area contributed by atoms with Gasteiger partial charge < -0.3 is 14.2 Å². The number of benzene rings is 2. The summed E-state index contributed by atoms with van der Waals surface area (Å²) in [5.74, 6) is 0.354. The number of nitrogens with zero attached hydrogens (tertiary/aromatic N) is 1. The summed E-state index contributed by atoms with van der Waals surface area (Å²) in [4.78, 5) is 23.8. The number of nitriles is 1.